The number of hydrogen-bond acceptors (Lipinski definition) is 5. The molecule has 0 bridgehead atoms. The van der Waals surface area contributed by atoms with Crippen molar-refractivity contribution in [2.45, 2.75) is 45.6 Å². The van der Waals surface area contributed by atoms with E-state index in [1.165, 1.54) is 12.7 Å². The normalized spacial score (nSPS) is 21.2. The highest BCUT2D eigenvalue weighted by atomic mass is 16.5. The monoisotopic (exact) mass is 445 g/mol. The number of nitrogens with zero attached hydrogens (tertiary/aromatic N) is 1. The Balaban J connectivity index is 1.57. The van der Waals surface area contributed by atoms with Crippen molar-refractivity contribution in [2.75, 3.05) is 12.4 Å². The molecule has 0 saturated heterocycles. The number of carbonyl (C=O) groups is 2. The number of ether oxygens (including phenoxy) is 1. The molecule has 1 aliphatic heterocycles. The summed E-state index contributed by atoms with van der Waals surface area (Å²) in [5, 5.41) is 8.03. The molecule has 0 unspecified atom stereocenters. The minimum absolute atomic E-state index is 0.0659. The van der Waals surface area contributed by atoms with E-state index in [-0.39, 0.29) is 17.9 Å². The van der Waals surface area contributed by atoms with Gasteiger partial charge >= 0.3 is 5.97 Å². The van der Waals surface area contributed by atoms with E-state index in [1.54, 1.807) is 0 Å². The summed E-state index contributed by atoms with van der Waals surface area (Å²) in [4.78, 5) is 23.7. The number of anilines is 1. The Morgan fingerprint density at radius 3 is 2.58 bits per heavy atom. The lowest BCUT2D eigenvalue weighted by atomic mass is 9.76. The molecule has 33 heavy (non-hydrogen) atoms. The molecule has 6 nitrogen and oxygen atoms in total. The highest BCUT2D eigenvalue weighted by Gasteiger charge is 2.38. The van der Waals surface area contributed by atoms with Gasteiger partial charge in [0.25, 0.3) is 0 Å². The van der Waals surface area contributed by atoms with Crippen LogP contribution in [0.1, 0.15) is 72.6 Å². The molecule has 0 saturated carbocycles. The molecule has 1 heterocycles. The van der Waals surface area contributed by atoms with Crippen LogP contribution in [-0.2, 0) is 9.53 Å². The standard InChI is InChI=1S/C27H31N3O3/c1-16(2)14-25(31)30-29-17(3)20-12-13-24-23(15-20)21-6-5-7-22(21)26(28-24)18-8-10-19(11-9-18)27(32)33-4/h5-6,8-13,15-16,21-22,26,28H,7,14H2,1-4H3,(H,30,31)/b29-17-/t21-,22+,26+/m1/s1. The van der Waals surface area contributed by atoms with E-state index in [2.05, 4.69) is 40.1 Å². The zero-order valence-electron chi connectivity index (χ0n) is 19.6. The van der Waals surface area contributed by atoms with E-state index in [0.717, 1.165) is 28.9 Å². The second-order valence-corrected chi connectivity index (χ2v) is 9.22. The molecule has 172 valence electrons. The Hall–Kier alpha value is -3.41. The quantitative estimate of drug-likeness (QED) is 0.278. The van der Waals surface area contributed by atoms with Gasteiger partial charge in [-0.3, -0.25) is 4.79 Å². The lowest BCUT2D eigenvalue weighted by Crippen LogP contribution is -2.29. The van der Waals surface area contributed by atoms with Crippen molar-refractivity contribution in [2.24, 2.45) is 16.9 Å². The maximum atomic E-state index is 12.0. The Kier molecular flexibility index (Phi) is 6.63. The van der Waals surface area contributed by atoms with Crippen LogP contribution < -0.4 is 10.7 Å². The van der Waals surface area contributed by atoms with E-state index in [9.17, 15) is 9.59 Å². The Bertz CT molecular complexity index is 1100. The van der Waals surface area contributed by atoms with Crippen LogP contribution in [0.4, 0.5) is 5.69 Å². The van der Waals surface area contributed by atoms with Gasteiger partial charge in [-0.1, -0.05) is 44.2 Å². The van der Waals surface area contributed by atoms with Crippen LogP contribution in [-0.4, -0.2) is 24.7 Å². The predicted molar refractivity (Wildman–Crippen MR) is 130 cm³/mol. The summed E-state index contributed by atoms with van der Waals surface area (Å²) >= 11 is 0. The Labute approximate surface area is 195 Å². The van der Waals surface area contributed by atoms with Crippen molar-refractivity contribution in [3.05, 3.63) is 76.9 Å². The largest absolute Gasteiger partial charge is 0.465 e. The van der Waals surface area contributed by atoms with E-state index in [1.807, 2.05) is 51.1 Å². The summed E-state index contributed by atoms with van der Waals surface area (Å²) in [5.74, 6) is 0.596. The van der Waals surface area contributed by atoms with Crippen LogP contribution in [0.25, 0.3) is 0 Å². The first-order chi connectivity index (χ1) is 15.9. The van der Waals surface area contributed by atoms with Gasteiger partial charge in [-0.05, 0) is 66.1 Å². The van der Waals surface area contributed by atoms with Crippen molar-refractivity contribution >= 4 is 23.3 Å². The third kappa shape index (κ3) is 4.85. The summed E-state index contributed by atoms with van der Waals surface area (Å²) in [5.41, 5.74) is 8.51. The van der Waals surface area contributed by atoms with E-state index < -0.39 is 0 Å². The summed E-state index contributed by atoms with van der Waals surface area (Å²) < 4.78 is 4.82. The lowest BCUT2D eigenvalue weighted by Gasteiger charge is -2.37. The lowest BCUT2D eigenvalue weighted by molar-refractivity contribution is -0.121. The molecular formula is C27H31N3O3. The van der Waals surface area contributed by atoms with Gasteiger partial charge in [0, 0.05) is 18.0 Å². The van der Waals surface area contributed by atoms with Gasteiger partial charge in [-0.15, -0.1) is 0 Å². The average molecular weight is 446 g/mol. The van der Waals surface area contributed by atoms with Crippen LogP contribution >= 0.6 is 0 Å². The number of nitrogens with one attached hydrogen (secondary N) is 2. The highest BCUT2D eigenvalue weighted by molar-refractivity contribution is 6.00. The highest BCUT2D eigenvalue weighted by Crippen LogP contribution is 2.50. The third-order valence-corrected chi connectivity index (χ3v) is 6.41. The molecular weight excluding hydrogens is 414 g/mol. The van der Waals surface area contributed by atoms with Crippen LogP contribution in [0.3, 0.4) is 0 Å². The zero-order chi connectivity index (χ0) is 23.5. The van der Waals surface area contributed by atoms with Crippen LogP contribution in [0.2, 0.25) is 0 Å². The van der Waals surface area contributed by atoms with Crippen molar-refractivity contribution < 1.29 is 14.3 Å². The van der Waals surface area contributed by atoms with Gasteiger partial charge < -0.3 is 10.1 Å². The van der Waals surface area contributed by atoms with Gasteiger partial charge in [0.1, 0.15) is 0 Å². The first-order valence-corrected chi connectivity index (χ1v) is 11.5. The van der Waals surface area contributed by atoms with Gasteiger partial charge in [0.2, 0.25) is 5.91 Å². The van der Waals surface area contributed by atoms with Crippen LogP contribution in [0, 0.1) is 11.8 Å². The fourth-order valence-corrected chi connectivity index (χ4v) is 4.72. The number of fused-ring (bicyclic) bond motifs is 3. The number of allylic oxidation sites excluding steroid dienone is 2. The van der Waals surface area contributed by atoms with E-state index in [0.29, 0.717) is 29.7 Å². The van der Waals surface area contributed by atoms with Gasteiger partial charge in [0.15, 0.2) is 0 Å². The van der Waals surface area contributed by atoms with E-state index in [4.69, 9.17) is 4.74 Å². The molecule has 3 atom stereocenters. The maximum absolute atomic E-state index is 12.0. The number of benzene rings is 2. The molecule has 4 rings (SSSR count). The summed E-state index contributed by atoms with van der Waals surface area (Å²) in [6.07, 6.45) is 5.99. The molecule has 2 aliphatic rings. The smallest absolute Gasteiger partial charge is 0.337 e. The Morgan fingerprint density at radius 1 is 1.15 bits per heavy atom. The molecule has 0 radical (unpaired) electrons. The fourth-order valence-electron chi connectivity index (χ4n) is 4.72. The van der Waals surface area contributed by atoms with Gasteiger partial charge in [-0.2, -0.15) is 5.10 Å². The molecule has 0 aromatic heterocycles. The number of amides is 1. The molecule has 1 aliphatic carbocycles. The molecule has 2 aromatic carbocycles. The summed E-state index contributed by atoms with van der Waals surface area (Å²) in [7, 11) is 1.39. The molecule has 0 fully saturated rings. The minimum atomic E-state index is -0.325. The minimum Gasteiger partial charge on any atom is -0.465 e. The average Bonchev–Trinajstić information content (AvgIpc) is 3.31. The van der Waals surface area contributed by atoms with Crippen molar-refractivity contribution in [3.8, 4) is 0 Å². The van der Waals surface area contributed by atoms with Crippen LogP contribution in [0.15, 0.2) is 59.7 Å². The second kappa shape index (κ2) is 9.61. The van der Waals surface area contributed by atoms with Crippen molar-refractivity contribution in [1.82, 2.24) is 5.43 Å². The molecule has 2 N–H and O–H groups in total. The van der Waals surface area contributed by atoms with Crippen molar-refractivity contribution in [1.29, 1.82) is 0 Å². The maximum Gasteiger partial charge on any atom is 0.337 e. The number of methoxy groups -OCH3 is 1. The number of hydrogen-bond donors (Lipinski definition) is 2. The number of hydrazone groups is 1. The molecule has 0 spiro atoms. The number of rotatable bonds is 6. The topological polar surface area (TPSA) is 79.8 Å². The summed E-state index contributed by atoms with van der Waals surface area (Å²) in [6.45, 7) is 5.94. The number of esters is 1. The predicted octanol–water partition coefficient (Wildman–Crippen LogP) is 5.19. The first kappa shape index (κ1) is 22.8. The van der Waals surface area contributed by atoms with Crippen molar-refractivity contribution in [3.63, 3.8) is 0 Å². The van der Waals surface area contributed by atoms with E-state index >= 15 is 0 Å². The van der Waals surface area contributed by atoms with Gasteiger partial charge in [0.05, 0.1) is 24.4 Å². The molecule has 6 heteroatoms. The first-order valence-electron chi connectivity index (χ1n) is 11.5. The number of carbonyl (C=O) groups excluding carboxylic acids is 2. The Morgan fingerprint density at radius 2 is 1.88 bits per heavy atom. The zero-order valence-corrected chi connectivity index (χ0v) is 19.6. The van der Waals surface area contributed by atoms with Gasteiger partial charge in [-0.25, -0.2) is 10.2 Å². The molecule has 1 amide bonds. The second-order valence-electron chi connectivity index (χ2n) is 9.22. The fraction of sp³-hybridized carbons (Fsp3) is 0.370. The third-order valence-electron chi connectivity index (χ3n) is 6.41. The SMILES string of the molecule is COC(=O)c1ccc([C@@H]2Nc3ccc(/C(C)=N\NC(=O)CC(C)C)cc3[C@@H]3C=CC[C@@H]32)cc1. The van der Waals surface area contributed by atoms with Crippen LogP contribution in [0.5, 0.6) is 0 Å². The molecule has 2 aromatic rings. The summed E-state index contributed by atoms with van der Waals surface area (Å²) in [6, 6.07) is 14.1.